The number of amides is 2. The van der Waals surface area contributed by atoms with Crippen LogP contribution in [-0.4, -0.2) is 36.9 Å². The van der Waals surface area contributed by atoms with Gasteiger partial charge in [-0.1, -0.05) is 6.42 Å². The molecule has 1 aliphatic heterocycles. The molecule has 1 fully saturated rings. The summed E-state index contributed by atoms with van der Waals surface area (Å²) in [6.45, 7) is 0.0888. The summed E-state index contributed by atoms with van der Waals surface area (Å²) in [5.41, 5.74) is 2.37. The van der Waals surface area contributed by atoms with E-state index in [1.54, 1.807) is 10.3 Å². The fraction of sp³-hybridized carbons (Fsp3) is 0.875. The van der Waals surface area contributed by atoms with Gasteiger partial charge in [-0.15, -0.1) is 0 Å². The van der Waals surface area contributed by atoms with E-state index in [4.69, 9.17) is 0 Å². The third-order valence-electron chi connectivity index (χ3n) is 2.07. The monoisotopic (exact) mass is 225 g/mol. The summed E-state index contributed by atoms with van der Waals surface area (Å²) < 4.78 is 35.2. The highest BCUT2D eigenvalue weighted by atomic mass is 19.4. The third kappa shape index (κ3) is 5.46. The van der Waals surface area contributed by atoms with Crippen LogP contribution in [0.2, 0.25) is 0 Å². The number of carbonyl (C=O) groups is 1. The maximum atomic E-state index is 11.7. The van der Waals surface area contributed by atoms with Gasteiger partial charge in [0.25, 0.3) is 0 Å². The fourth-order valence-electron chi connectivity index (χ4n) is 1.37. The van der Waals surface area contributed by atoms with Crippen LogP contribution in [0.3, 0.4) is 0 Å². The van der Waals surface area contributed by atoms with Crippen LogP contribution in [-0.2, 0) is 0 Å². The van der Waals surface area contributed by atoms with Gasteiger partial charge in [0.2, 0.25) is 0 Å². The predicted molar refractivity (Wildman–Crippen MR) is 48.0 cm³/mol. The van der Waals surface area contributed by atoms with Gasteiger partial charge in [0.15, 0.2) is 0 Å². The normalized spacial score (nSPS) is 18.6. The van der Waals surface area contributed by atoms with Crippen LogP contribution in [0.1, 0.15) is 19.3 Å². The minimum atomic E-state index is -4.36. The lowest BCUT2D eigenvalue weighted by atomic mass is 10.2. The Morgan fingerprint density at radius 1 is 1.20 bits per heavy atom. The molecule has 7 heteroatoms. The highest BCUT2D eigenvalue weighted by Crippen LogP contribution is 2.12. The molecule has 1 saturated heterocycles. The molecule has 15 heavy (non-hydrogen) atoms. The van der Waals surface area contributed by atoms with E-state index in [9.17, 15) is 18.0 Å². The highest BCUT2D eigenvalue weighted by Gasteiger charge is 2.28. The summed E-state index contributed by atoms with van der Waals surface area (Å²) in [6, 6.07) is -0.797. The van der Waals surface area contributed by atoms with Crippen LogP contribution in [0, 0.1) is 0 Å². The molecule has 0 aromatic rings. The van der Waals surface area contributed by atoms with Crippen LogP contribution in [0.15, 0.2) is 0 Å². The molecular weight excluding hydrogens is 211 g/mol. The molecule has 1 rings (SSSR count). The standard InChI is InChI=1S/C8H14F3N3O/c9-8(10,11)6-12-7(15)13-14-4-2-1-3-5-14/h1-6H2,(H2,12,13,15). The molecule has 0 atom stereocenters. The van der Waals surface area contributed by atoms with Crippen molar-refractivity contribution in [3.8, 4) is 0 Å². The Bertz CT molecular complexity index is 214. The van der Waals surface area contributed by atoms with Gasteiger partial charge in [0.05, 0.1) is 0 Å². The number of hydrogen-bond acceptors (Lipinski definition) is 2. The lowest BCUT2D eigenvalue weighted by Gasteiger charge is -2.26. The maximum absolute atomic E-state index is 11.7. The first kappa shape index (κ1) is 12.1. The molecular formula is C8H14F3N3O. The second kappa shape index (κ2) is 5.20. The van der Waals surface area contributed by atoms with E-state index in [0.29, 0.717) is 13.1 Å². The van der Waals surface area contributed by atoms with E-state index in [1.807, 2.05) is 0 Å². The van der Waals surface area contributed by atoms with Crippen LogP contribution in [0.5, 0.6) is 0 Å². The Labute approximate surface area is 85.8 Å². The Hall–Kier alpha value is -0.980. The largest absolute Gasteiger partial charge is 0.405 e. The average molecular weight is 225 g/mol. The van der Waals surface area contributed by atoms with Gasteiger partial charge >= 0.3 is 12.2 Å². The maximum Gasteiger partial charge on any atom is 0.405 e. The number of hydrazine groups is 1. The highest BCUT2D eigenvalue weighted by molar-refractivity contribution is 5.73. The molecule has 0 spiro atoms. The van der Waals surface area contributed by atoms with E-state index in [-0.39, 0.29) is 0 Å². The van der Waals surface area contributed by atoms with Crippen LogP contribution in [0.25, 0.3) is 0 Å². The second-order valence-corrected chi connectivity index (χ2v) is 3.46. The van der Waals surface area contributed by atoms with Gasteiger partial charge in [-0.25, -0.2) is 9.80 Å². The second-order valence-electron chi connectivity index (χ2n) is 3.46. The Kier molecular flexibility index (Phi) is 4.19. The number of nitrogens with one attached hydrogen (secondary N) is 2. The molecule has 0 aromatic heterocycles. The first-order chi connectivity index (χ1) is 6.97. The van der Waals surface area contributed by atoms with Gasteiger partial charge in [0.1, 0.15) is 6.54 Å². The Morgan fingerprint density at radius 3 is 2.33 bits per heavy atom. The van der Waals surface area contributed by atoms with Crippen molar-refractivity contribution in [1.29, 1.82) is 0 Å². The first-order valence-corrected chi connectivity index (χ1v) is 4.83. The molecule has 88 valence electrons. The first-order valence-electron chi connectivity index (χ1n) is 4.83. The van der Waals surface area contributed by atoms with Crippen molar-refractivity contribution < 1.29 is 18.0 Å². The molecule has 0 bridgehead atoms. The summed E-state index contributed by atoms with van der Waals surface area (Å²) in [5, 5.41) is 3.39. The lowest BCUT2D eigenvalue weighted by molar-refractivity contribution is -0.123. The zero-order valence-corrected chi connectivity index (χ0v) is 8.23. The van der Waals surface area contributed by atoms with Crippen molar-refractivity contribution in [3.63, 3.8) is 0 Å². The summed E-state index contributed by atoms with van der Waals surface area (Å²) in [4.78, 5) is 11.0. The van der Waals surface area contributed by atoms with Crippen molar-refractivity contribution >= 4 is 6.03 Å². The molecule has 2 N–H and O–H groups in total. The Morgan fingerprint density at radius 2 is 1.80 bits per heavy atom. The van der Waals surface area contributed by atoms with E-state index in [1.165, 1.54) is 0 Å². The van der Waals surface area contributed by atoms with E-state index in [2.05, 4.69) is 5.43 Å². The van der Waals surface area contributed by atoms with Gasteiger partial charge in [-0.2, -0.15) is 13.2 Å². The molecule has 0 unspecified atom stereocenters. The third-order valence-corrected chi connectivity index (χ3v) is 2.07. The van der Waals surface area contributed by atoms with E-state index < -0.39 is 18.8 Å². The number of halogens is 3. The molecule has 2 amide bonds. The van der Waals surface area contributed by atoms with Gasteiger partial charge < -0.3 is 5.32 Å². The summed E-state index contributed by atoms with van der Waals surface area (Å²) in [5.74, 6) is 0. The molecule has 0 aliphatic carbocycles. The van der Waals surface area contributed by atoms with Gasteiger partial charge in [-0.3, -0.25) is 5.43 Å². The summed E-state index contributed by atoms with van der Waals surface area (Å²) in [6.07, 6.45) is -1.35. The number of urea groups is 1. The zero-order valence-electron chi connectivity index (χ0n) is 8.23. The number of carbonyl (C=O) groups excluding carboxylic acids is 1. The van der Waals surface area contributed by atoms with Crippen LogP contribution in [0.4, 0.5) is 18.0 Å². The number of nitrogens with zero attached hydrogens (tertiary/aromatic N) is 1. The minimum Gasteiger partial charge on any atom is -0.328 e. The minimum absolute atomic E-state index is 0.694. The average Bonchev–Trinajstić information content (AvgIpc) is 2.15. The van der Waals surface area contributed by atoms with Crippen molar-refractivity contribution in [2.45, 2.75) is 25.4 Å². The number of alkyl halides is 3. The quantitative estimate of drug-likeness (QED) is 0.742. The lowest BCUT2D eigenvalue weighted by Crippen LogP contribution is -2.50. The Balaban J connectivity index is 2.17. The SMILES string of the molecule is O=C(NCC(F)(F)F)NN1CCCCC1. The smallest absolute Gasteiger partial charge is 0.328 e. The number of rotatable bonds is 2. The van der Waals surface area contributed by atoms with Crippen LogP contribution < -0.4 is 10.7 Å². The molecule has 1 heterocycles. The van der Waals surface area contributed by atoms with E-state index >= 15 is 0 Å². The molecule has 4 nitrogen and oxygen atoms in total. The zero-order chi connectivity index (χ0) is 11.3. The van der Waals surface area contributed by atoms with Crippen molar-refractivity contribution in [2.24, 2.45) is 0 Å². The fourth-order valence-corrected chi connectivity index (χ4v) is 1.37. The molecule has 0 aromatic carbocycles. The molecule has 0 saturated carbocycles. The van der Waals surface area contributed by atoms with Crippen molar-refractivity contribution in [2.75, 3.05) is 19.6 Å². The number of hydrogen-bond donors (Lipinski definition) is 2. The molecule has 0 radical (unpaired) electrons. The number of piperidine rings is 1. The summed E-state index contributed by atoms with van der Waals surface area (Å²) >= 11 is 0. The predicted octanol–water partition coefficient (Wildman–Crippen LogP) is 1.25. The van der Waals surface area contributed by atoms with Gasteiger partial charge in [0, 0.05) is 13.1 Å². The molecule has 1 aliphatic rings. The topological polar surface area (TPSA) is 44.4 Å². The van der Waals surface area contributed by atoms with Gasteiger partial charge in [-0.05, 0) is 12.8 Å². The summed E-state index contributed by atoms with van der Waals surface area (Å²) in [7, 11) is 0. The van der Waals surface area contributed by atoms with E-state index in [0.717, 1.165) is 19.3 Å². The van der Waals surface area contributed by atoms with Crippen molar-refractivity contribution in [3.05, 3.63) is 0 Å². The van der Waals surface area contributed by atoms with Crippen LogP contribution >= 0.6 is 0 Å². The van der Waals surface area contributed by atoms with Crippen molar-refractivity contribution in [1.82, 2.24) is 15.8 Å².